The Balaban J connectivity index is 0.0000122. The van der Waals surface area contributed by atoms with Crippen molar-refractivity contribution < 1.29 is 90.1 Å². The summed E-state index contributed by atoms with van der Waals surface area (Å²) < 4.78 is 26.9. The van der Waals surface area contributed by atoms with Crippen LogP contribution in [0.1, 0.15) is 74.2 Å². The Hall–Kier alpha value is -0.0736. The van der Waals surface area contributed by atoms with Crippen LogP contribution in [0.4, 0.5) is 0 Å². The van der Waals surface area contributed by atoms with Crippen molar-refractivity contribution in [3.8, 4) is 5.75 Å². The monoisotopic (exact) mass is 536 g/mol. The summed E-state index contributed by atoms with van der Waals surface area (Å²) in [6.07, 6.45) is 10.8. The summed E-state index contributed by atoms with van der Waals surface area (Å²) in [7, 11) is 0. The van der Waals surface area contributed by atoms with Crippen molar-refractivity contribution in [2.75, 3.05) is 66.1 Å². The largest absolute Gasteiger partial charge is 1.00 e. The van der Waals surface area contributed by atoms with E-state index in [0.717, 1.165) is 18.4 Å². The van der Waals surface area contributed by atoms with E-state index < -0.39 is 5.97 Å². The second-order valence-corrected chi connectivity index (χ2v) is 8.36. The van der Waals surface area contributed by atoms with Crippen LogP contribution >= 0.6 is 0 Å². The number of hydrogen-bond donors (Lipinski definition) is 1. The average molecular weight is 537 g/mol. The van der Waals surface area contributed by atoms with Gasteiger partial charge in [0.1, 0.15) is 12.4 Å². The normalized spacial score (nSPS) is 10.8. The number of carbonyl (C=O) groups excluding carboxylic acids is 1. The Morgan fingerprint density at radius 2 is 1.25 bits per heavy atom. The topological polar surface area (TPSA) is 107 Å². The van der Waals surface area contributed by atoms with Crippen LogP contribution in [0.25, 0.3) is 0 Å². The predicted octanol–water partition coefficient (Wildman–Crippen LogP) is 0.175. The van der Waals surface area contributed by atoms with Gasteiger partial charge in [-0.1, -0.05) is 57.9 Å². The first-order chi connectivity index (χ1) is 17.2. The first kappa shape index (κ1) is 35.9. The van der Waals surface area contributed by atoms with Crippen molar-refractivity contribution >= 4 is 5.97 Å². The number of aryl methyl sites for hydroxylation is 1. The Morgan fingerprint density at radius 3 is 1.78 bits per heavy atom. The number of aliphatic hydroxyl groups is 1. The number of aliphatic hydroxyl groups excluding tert-OH is 1. The molecule has 0 fully saturated rings. The smallest absolute Gasteiger partial charge is 0.545 e. The molecule has 0 aromatic heterocycles. The summed E-state index contributed by atoms with van der Waals surface area (Å²) in [5, 5.41) is 20.1. The fourth-order valence-corrected chi connectivity index (χ4v) is 3.52. The van der Waals surface area contributed by atoms with Crippen molar-refractivity contribution in [2.45, 2.75) is 64.7 Å². The van der Waals surface area contributed by atoms with Crippen molar-refractivity contribution in [1.82, 2.24) is 0 Å². The molecule has 0 saturated heterocycles. The van der Waals surface area contributed by atoms with E-state index in [2.05, 4.69) is 6.92 Å². The first-order valence-electron chi connectivity index (χ1n) is 13.1. The molecule has 1 rings (SSSR count). The van der Waals surface area contributed by atoms with Gasteiger partial charge in [0.05, 0.1) is 65.4 Å². The minimum absolute atomic E-state index is 0. The molecule has 0 amide bonds. The number of hydrogen-bond acceptors (Lipinski definition) is 8. The quantitative estimate of drug-likeness (QED) is 0.139. The molecule has 0 unspecified atom stereocenters. The zero-order valence-corrected chi connectivity index (χ0v) is 25.6. The van der Waals surface area contributed by atoms with Gasteiger partial charge in [-0.25, -0.2) is 0 Å². The number of aromatic carboxylic acids is 1. The molecule has 0 saturated carbocycles. The summed E-state index contributed by atoms with van der Waals surface area (Å²) in [4.78, 5) is 11.6. The second kappa shape index (κ2) is 26.5. The maximum absolute atomic E-state index is 11.6. The fourth-order valence-electron chi connectivity index (χ4n) is 3.52. The summed E-state index contributed by atoms with van der Waals surface area (Å²) >= 11 is 0. The van der Waals surface area contributed by atoms with Gasteiger partial charge in [-0.3, -0.25) is 0 Å². The number of ether oxygens (including phenoxy) is 5. The average Bonchev–Trinajstić information content (AvgIpc) is 2.86. The molecule has 1 aromatic carbocycles. The zero-order valence-electron chi connectivity index (χ0n) is 22.5. The van der Waals surface area contributed by atoms with Crippen LogP contribution in [0.5, 0.6) is 5.75 Å². The van der Waals surface area contributed by atoms with Crippen molar-refractivity contribution in [3.05, 3.63) is 29.3 Å². The Morgan fingerprint density at radius 1 is 0.750 bits per heavy atom. The van der Waals surface area contributed by atoms with Gasteiger partial charge >= 0.3 is 51.4 Å². The minimum atomic E-state index is -1.23. The van der Waals surface area contributed by atoms with Gasteiger partial charge in [0.25, 0.3) is 0 Å². The van der Waals surface area contributed by atoms with E-state index in [1.54, 1.807) is 12.1 Å². The number of carboxylic acid groups (broad SMARTS) is 1. The molecule has 0 bridgehead atoms. The van der Waals surface area contributed by atoms with Crippen molar-refractivity contribution in [2.24, 2.45) is 0 Å². The minimum Gasteiger partial charge on any atom is -0.545 e. The van der Waals surface area contributed by atoms with Crippen LogP contribution in [-0.4, -0.2) is 77.1 Å². The summed E-state index contributed by atoms with van der Waals surface area (Å²) in [6, 6.07) is 5.31. The third kappa shape index (κ3) is 20.0. The van der Waals surface area contributed by atoms with Crippen molar-refractivity contribution in [1.29, 1.82) is 0 Å². The molecule has 202 valence electrons. The van der Waals surface area contributed by atoms with E-state index in [9.17, 15) is 9.90 Å². The van der Waals surface area contributed by atoms with E-state index in [1.807, 2.05) is 6.07 Å². The predicted molar refractivity (Wildman–Crippen MR) is 133 cm³/mol. The molecule has 0 aliphatic carbocycles. The summed E-state index contributed by atoms with van der Waals surface area (Å²) in [6.45, 7) is 5.81. The molecule has 1 N–H and O–H groups in total. The molecule has 0 heterocycles. The maximum Gasteiger partial charge on any atom is 1.00 e. The molecular formula is C27H45KO8. The van der Waals surface area contributed by atoms with Crippen LogP contribution in [0, 0.1) is 0 Å². The molecule has 8 nitrogen and oxygen atoms in total. The number of unbranched alkanes of at least 4 members (excludes halogenated alkanes) is 7. The molecule has 0 atom stereocenters. The van der Waals surface area contributed by atoms with Gasteiger partial charge in [-0.05, 0) is 30.5 Å². The maximum atomic E-state index is 11.6. The van der Waals surface area contributed by atoms with Crippen LogP contribution < -0.4 is 61.2 Å². The van der Waals surface area contributed by atoms with Gasteiger partial charge in [0.2, 0.25) is 0 Å². The molecule has 0 spiro atoms. The first-order valence-corrected chi connectivity index (χ1v) is 13.1. The van der Waals surface area contributed by atoms with Gasteiger partial charge < -0.3 is 38.7 Å². The van der Waals surface area contributed by atoms with Gasteiger partial charge in [-0.15, -0.1) is 0 Å². The zero-order chi connectivity index (χ0) is 25.4. The fraction of sp³-hybridized carbons (Fsp3) is 0.741. The number of carbonyl (C=O) groups is 1. The van der Waals surface area contributed by atoms with E-state index >= 15 is 0 Å². The molecule has 9 heteroatoms. The Labute approximate surface area is 259 Å². The number of rotatable bonds is 25. The molecule has 0 aliphatic heterocycles. The number of carboxylic acids is 1. The second-order valence-electron chi connectivity index (χ2n) is 8.36. The third-order valence-electron chi connectivity index (χ3n) is 5.42. The Kier molecular flexibility index (Phi) is 26.5. The van der Waals surface area contributed by atoms with Crippen LogP contribution in [0.15, 0.2) is 18.2 Å². The SMILES string of the molecule is CCCCCCCCCCc1ccc(OCCOCCOCCOCCOCCO)c(C(=O)[O-])c1.[K+]. The van der Waals surface area contributed by atoms with E-state index in [-0.39, 0.29) is 70.2 Å². The molecular weight excluding hydrogens is 491 g/mol. The third-order valence-corrected chi connectivity index (χ3v) is 5.42. The van der Waals surface area contributed by atoms with Crippen molar-refractivity contribution in [3.63, 3.8) is 0 Å². The molecule has 0 radical (unpaired) electrons. The van der Waals surface area contributed by atoms with Gasteiger partial charge in [0, 0.05) is 5.56 Å². The molecule has 36 heavy (non-hydrogen) atoms. The molecule has 0 aliphatic rings. The molecule has 1 aromatic rings. The summed E-state index contributed by atoms with van der Waals surface area (Å²) in [5.74, 6) is -0.918. The van der Waals surface area contributed by atoms with Crippen LogP contribution in [0.3, 0.4) is 0 Å². The standard InChI is InChI=1S/C27H46O8.K/c1-2-3-4-5-6-7-8-9-10-24-11-12-26(25(23-24)27(29)30)35-22-21-34-20-19-33-18-17-32-16-15-31-14-13-28;/h11-12,23,28H,2-10,13-22H2,1H3,(H,29,30);/q;+1/p-1. The van der Waals surface area contributed by atoms with E-state index in [4.69, 9.17) is 28.8 Å². The van der Waals surface area contributed by atoms with Crippen LogP contribution in [-0.2, 0) is 25.4 Å². The van der Waals surface area contributed by atoms with Crippen LogP contribution in [0.2, 0.25) is 0 Å². The van der Waals surface area contributed by atoms with E-state index in [1.165, 1.54) is 44.9 Å². The number of benzene rings is 1. The Bertz CT molecular complexity index is 644. The van der Waals surface area contributed by atoms with Gasteiger partial charge in [0.15, 0.2) is 0 Å². The van der Waals surface area contributed by atoms with Gasteiger partial charge in [-0.2, -0.15) is 0 Å². The van der Waals surface area contributed by atoms with E-state index in [0.29, 0.717) is 58.6 Å². The summed E-state index contributed by atoms with van der Waals surface area (Å²) in [5.41, 5.74) is 1.09.